The maximum absolute atomic E-state index is 12.7. The van der Waals surface area contributed by atoms with E-state index < -0.39 is 0 Å². The lowest BCUT2D eigenvalue weighted by Crippen LogP contribution is -2.44. The number of halogens is 1. The molecule has 0 bridgehead atoms. The minimum Gasteiger partial charge on any atom is -0.268 e. The van der Waals surface area contributed by atoms with Crippen LogP contribution in [-0.4, -0.2) is 49.7 Å². The van der Waals surface area contributed by atoms with Crippen molar-refractivity contribution < 1.29 is 9.59 Å². The van der Waals surface area contributed by atoms with Crippen molar-refractivity contribution in [2.75, 3.05) is 13.1 Å². The molecule has 3 heterocycles. The third-order valence-corrected chi connectivity index (χ3v) is 4.68. The van der Waals surface area contributed by atoms with Crippen LogP contribution in [0.25, 0.3) is 6.08 Å². The molecule has 0 aliphatic carbocycles. The van der Waals surface area contributed by atoms with Crippen LogP contribution in [0.2, 0.25) is 5.15 Å². The SMILES string of the molecule is Cc1cncc(C(=O)N2CCCN2C(=O)C=Cc2c(C)nn(C)c2Cl)c1. The van der Waals surface area contributed by atoms with Crippen LogP contribution in [0, 0.1) is 13.8 Å². The van der Waals surface area contributed by atoms with Crippen LogP contribution in [0.5, 0.6) is 0 Å². The van der Waals surface area contributed by atoms with Gasteiger partial charge in [0.25, 0.3) is 11.8 Å². The quantitative estimate of drug-likeness (QED) is 0.774. The lowest BCUT2D eigenvalue weighted by molar-refractivity contribution is -0.134. The second-order valence-corrected chi connectivity index (χ2v) is 6.60. The Bertz CT molecular complexity index is 890. The zero-order valence-electron chi connectivity index (χ0n) is 14.9. The van der Waals surface area contributed by atoms with Crippen molar-refractivity contribution in [3.63, 3.8) is 0 Å². The minimum absolute atomic E-state index is 0.226. The fourth-order valence-corrected chi connectivity index (χ4v) is 3.19. The van der Waals surface area contributed by atoms with Gasteiger partial charge in [-0.05, 0) is 38.0 Å². The Labute approximate surface area is 156 Å². The van der Waals surface area contributed by atoms with Gasteiger partial charge in [0.15, 0.2) is 0 Å². The largest absolute Gasteiger partial charge is 0.274 e. The number of hydrogen-bond donors (Lipinski definition) is 0. The van der Waals surface area contributed by atoms with Crippen LogP contribution >= 0.6 is 11.6 Å². The molecule has 8 heteroatoms. The van der Waals surface area contributed by atoms with E-state index >= 15 is 0 Å². The highest BCUT2D eigenvalue weighted by atomic mass is 35.5. The molecule has 1 saturated heterocycles. The molecule has 2 aromatic heterocycles. The van der Waals surface area contributed by atoms with Crippen molar-refractivity contribution >= 4 is 29.5 Å². The van der Waals surface area contributed by atoms with Gasteiger partial charge < -0.3 is 0 Å². The van der Waals surface area contributed by atoms with E-state index in [0.29, 0.717) is 29.4 Å². The average molecular weight is 374 g/mol. The number of carbonyl (C=O) groups is 2. The van der Waals surface area contributed by atoms with E-state index in [4.69, 9.17) is 11.6 Å². The van der Waals surface area contributed by atoms with Crippen molar-refractivity contribution in [3.8, 4) is 0 Å². The maximum atomic E-state index is 12.7. The summed E-state index contributed by atoms with van der Waals surface area (Å²) in [5.41, 5.74) is 2.80. The predicted octanol–water partition coefficient (Wildman–Crippen LogP) is 2.39. The molecule has 1 aliphatic heterocycles. The summed E-state index contributed by atoms with van der Waals surface area (Å²) in [6.07, 6.45) is 7.01. The number of rotatable bonds is 3. The molecule has 0 aromatic carbocycles. The standard InChI is InChI=1S/C18H20ClN5O2/c1-12-9-14(11-20-10-12)18(26)24-8-4-7-23(24)16(25)6-5-15-13(2)21-22(3)17(15)19/h5-6,9-11H,4,7-8H2,1-3H3. The Morgan fingerprint density at radius 3 is 2.58 bits per heavy atom. The first kappa shape index (κ1) is 18.1. The normalized spacial score (nSPS) is 14.5. The molecule has 0 N–H and O–H groups in total. The summed E-state index contributed by atoms with van der Waals surface area (Å²) in [4.78, 5) is 29.4. The van der Waals surface area contributed by atoms with Gasteiger partial charge in [0, 0.05) is 44.2 Å². The van der Waals surface area contributed by atoms with Crippen molar-refractivity contribution in [2.24, 2.45) is 7.05 Å². The summed E-state index contributed by atoms with van der Waals surface area (Å²) in [6, 6.07) is 1.77. The highest BCUT2D eigenvalue weighted by molar-refractivity contribution is 6.31. The summed E-state index contributed by atoms with van der Waals surface area (Å²) in [6.45, 7) is 4.69. The number of aromatic nitrogens is 3. The lowest BCUT2D eigenvalue weighted by atomic mass is 10.2. The van der Waals surface area contributed by atoms with Gasteiger partial charge in [0.05, 0.1) is 11.3 Å². The van der Waals surface area contributed by atoms with E-state index in [1.165, 1.54) is 22.3 Å². The number of carbonyl (C=O) groups excluding carboxylic acids is 2. The Kier molecular flexibility index (Phi) is 5.08. The first-order valence-corrected chi connectivity index (χ1v) is 8.68. The number of amides is 2. The Balaban J connectivity index is 1.78. The Morgan fingerprint density at radius 2 is 1.92 bits per heavy atom. The summed E-state index contributed by atoms with van der Waals surface area (Å²) in [5, 5.41) is 7.61. The molecule has 1 fully saturated rings. The van der Waals surface area contributed by atoms with E-state index in [-0.39, 0.29) is 11.8 Å². The maximum Gasteiger partial charge on any atom is 0.274 e. The fourth-order valence-electron chi connectivity index (χ4n) is 2.95. The molecular formula is C18H20ClN5O2. The first-order valence-electron chi connectivity index (χ1n) is 8.30. The molecule has 26 heavy (non-hydrogen) atoms. The summed E-state index contributed by atoms with van der Waals surface area (Å²) >= 11 is 6.18. The number of hydrogen-bond acceptors (Lipinski definition) is 4. The highest BCUT2D eigenvalue weighted by Crippen LogP contribution is 2.21. The van der Waals surface area contributed by atoms with Gasteiger partial charge in [-0.3, -0.25) is 19.3 Å². The molecule has 0 radical (unpaired) electrons. The van der Waals surface area contributed by atoms with Gasteiger partial charge in [-0.25, -0.2) is 10.0 Å². The van der Waals surface area contributed by atoms with Crippen LogP contribution < -0.4 is 0 Å². The lowest BCUT2D eigenvalue weighted by Gasteiger charge is -2.26. The fraction of sp³-hybridized carbons (Fsp3) is 0.333. The molecule has 0 saturated carbocycles. The van der Waals surface area contributed by atoms with Gasteiger partial charge in [-0.1, -0.05) is 11.6 Å². The number of aryl methyl sites for hydroxylation is 3. The van der Waals surface area contributed by atoms with Crippen molar-refractivity contribution in [3.05, 3.63) is 52.1 Å². The highest BCUT2D eigenvalue weighted by Gasteiger charge is 2.30. The third-order valence-electron chi connectivity index (χ3n) is 4.23. The van der Waals surface area contributed by atoms with E-state index in [9.17, 15) is 9.59 Å². The van der Waals surface area contributed by atoms with Gasteiger partial charge >= 0.3 is 0 Å². The number of pyridine rings is 1. The average Bonchev–Trinajstić information content (AvgIpc) is 3.18. The smallest absolute Gasteiger partial charge is 0.268 e. The van der Waals surface area contributed by atoms with E-state index in [1.807, 2.05) is 13.8 Å². The molecule has 3 rings (SSSR count). The zero-order chi connectivity index (χ0) is 18.8. The second-order valence-electron chi connectivity index (χ2n) is 6.24. The number of hydrazine groups is 1. The monoisotopic (exact) mass is 373 g/mol. The van der Waals surface area contributed by atoms with Crippen LogP contribution in [0.3, 0.4) is 0 Å². The predicted molar refractivity (Wildman–Crippen MR) is 98.3 cm³/mol. The Morgan fingerprint density at radius 1 is 1.19 bits per heavy atom. The topological polar surface area (TPSA) is 71.3 Å². The van der Waals surface area contributed by atoms with Crippen molar-refractivity contribution in [1.82, 2.24) is 24.8 Å². The van der Waals surface area contributed by atoms with E-state index in [2.05, 4.69) is 10.1 Å². The van der Waals surface area contributed by atoms with Crippen LogP contribution in [0.15, 0.2) is 24.5 Å². The van der Waals surface area contributed by atoms with Gasteiger partial charge in [-0.15, -0.1) is 0 Å². The molecule has 2 aromatic rings. The third kappa shape index (κ3) is 3.48. The van der Waals surface area contributed by atoms with Crippen LogP contribution in [-0.2, 0) is 11.8 Å². The molecule has 0 unspecified atom stereocenters. The first-order chi connectivity index (χ1) is 12.4. The van der Waals surface area contributed by atoms with Gasteiger partial charge in [0.2, 0.25) is 0 Å². The molecule has 2 amide bonds. The van der Waals surface area contributed by atoms with Crippen LogP contribution in [0.1, 0.15) is 33.6 Å². The van der Waals surface area contributed by atoms with Gasteiger partial charge in [-0.2, -0.15) is 5.10 Å². The molecule has 1 aliphatic rings. The molecule has 0 spiro atoms. The molecule has 0 atom stereocenters. The number of nitrogens with zero attached hydrogens (tertiary/aromatic N) is 5. The van der Waals surface area contributed by atoms with E-state index in [0.717, 1.165) is 17.7 Å². The second kappa shape index (κ2) is 7.29. The zero-order valence-corrected chi connectivity index (χ0v) is 15.7. The van der Waals surface area contributed by atoms with Crippen molar-refractivity contribution in [1.29, 1.82) is 0 Å². The minimum atomic E-state index is -0.268. The van der Waals surface area contributed by atoms with Gasteiger partial charge in [0.1, 0.15) is 5.15 Å². The van der Waals surface area contributed by atoms with Crippen molar-refractivity contribution in [2.45, 2.75) is 20.3 Å². The molecular weight excluding hydrogens is 354 g/mol. The van der Waals surface area contributed by atoms with Crippen LogP contribution in [0.4, 0.5) is 0 Å². The van der Waals surface area contributed by atoms with E-state index in [1.54, 1.807) is 30.1 Å². The summed E-state index contributed by atoms with van der Waals surface area (Å²) in [7, 11) is 1.74. The molecule has 7 nitrogen and oxygen atoms in total. The summed E-state index contributed by atoms with van der Waals surface area (Å²) in [5.74, 6) is -0.494. The summed E-state index contributed by atoms with van der Waals surface area (Å²) < 4.78 is 1.55. The Hall–Kier alpha value is -2.67. The molecule has 136 valence electrons.